The second-order valence-electron chi connectivity index (χ2n) is 7.89. The van der Waals surface area contributed by atoms with Crippen molar-refractivity contribution in [2.75, 3.05) is 5.75 Å². The number of β-lactam (4-membered cyclic amide) rings is 1. The zero-order chi connectivity index (χ0) is 26.0. The van der Waals surface area contributed by atoms with Crippen LogP contribution in [0.25, 0.3) is 6.08 Å². The van der Waals surface area contributed by atoms with Gasteiger partial charge in [0.1, 0.15) is 17.1 Å². The fraction of sp³-hybridized carbons (Fsp3) is 0.174. The molecule has 12 nitrogen and oxygen atoms in total. The molecule has 1 unspecified atom stereocenters. The molecule has 1 saturated heterocycles. The van der Waals surface area contributed by atoms with Crippen molar-refractivity contribution in [2.45, 2.75) is 17.8 Å². The number of amides is 2. The Kier molecular flexibility index (Phi) is 6.83. The third kappa shape index (κ3) is 4.81. The SMILES string of the molecule is O=C(Cc1ccccc1)NC1C(=O)N2C(C(=O)O)=C(/C=C/c3ccc([N+](=O)[O-])cc3[N+](=O)[O-])CS[C@H]12. The number of hydrogen-bond donors (Lipinski definition) is 2. The number of nitro benzene ring substituents is 2. The first-order valence-electron chi connectivity index (χ1n) is 10.5. The van der Waals surface area contributed by atoms with Gasteiger partial charge >= 0.3 is 5.97 Å². The normalized spacial score (nSPS) is 19.0. The molecule has 13 heteroatoms. The first-order valence-corrected chi connectivity index (χ1v) is 11.6. The number of rotatable bonds is 8. The minimum absolute atomic E-state index is 0.0379. The summed E-state index contributed by atoms with van der Waals surface area (Å²) in [7, 11) is 0. The summed E-state index contributed by atoms with van der Waals surface area (Å²) in [6.45, 7) is 0. The molecule has 184 valence electrons. The molecule has 0 aromatic heterocycles. The second kappa shape index (κ2) is 10.00. The topological polar surface area (TPSA) is 173 Å². The summed E-state index contributed by atoms with van der Waals surface area (Å²) < 4.78 is 0. The number of fused-ring (bicyclic) bond motifs is 1. The van der Waals surface area contributed by atoms with E-state index in [9.17, 15) is 39.7 Å². The highest BCUT2D eigenvalue weighted by Gasteiger charge is 2.53. The van der Waals surface area contributed by atoms with E-state index in [-0.39, 0.29) is 34.9 Å². The fourth-order valence-corrected chi connectivity index (χ4v) is 5.23. The third-order valence-electron chi connectivity index (χ3n) is 5.61. The number of carbonyl (C=O) groups excluding carboxylic acids is 2. The Balaban J connectivity index is 1.54. The molecule has 2 aliphatic rings. The number of hydrogen-bond acceptors (Lipinski definition) is 8. The van der Waals surface area contributed by atoms with Crippen LogP contribution in [-0.2, 0) is 20.8 Å². The number of benzene rings is 2. The molecule has 4 rings (SSSR count). The molecule has 2 aromatic carbocycles. The molecule has 36 heavy (non-hydrogen) atoms. The smallest absolute Gasteiger partial charge is 0.352 e. The van der Waals surface area contributed by atoms with Crippen molar-refractivity contribution in [1.29, 1.82) is 0 Å². The average Bonchev–Trinajstić information content (AvgIpc) is 2.85. The van der Waals surface area contributed by atoms with Gasteiger partial charge in [0, 0.05) is 11.8 Å². The number of aliphatic carboxylic acids is 1. The van der Waals surface area contributed by atoms with Gasteiger partial charge in [-0.15, -0.1) is 11.8 Å². The van der Waals surface area contributed by atoms with Gasteiger partial charge < -0.3 is 10.4 Å². The summed E-state index contributed by atoms with van der Waals surface area (Å²) in [4.78, 5) is 59.0. The highest BCUT2D eigenvalue weighted by Crippen LogP contribution is 2.41. The maximum Gasteiger partial charge on any atom is 0.352 e. The number of carboxylic acids is 1. The second-order valence-corrected chi connectivity index (χ2v) is 8.99. The molecule has 2 amide bonds. The van der Waals surface area contributed by atoms with Crippen molar-refractivity contribution in [3.63, 3.8) is 0 Å². The molecule has 0 radical (unpaired) electrons. The van der Waals surface area contributed by atoms with Gasteiger partial charge in [-0.1, -0.05) is 36.4 Å². The highest BCUT2D eigenvalue weighted by atomic mass is 32.2. The Morgan fingerprint density at radius 1 is 1.11 bits per heavy atom. The molecule has 0 spiro atoms. The Hall–Kier alpha value is -4.52. The van der Waals surface area contributed by atoms with Gasteiger partial charge in [-0.2, -0.15) is 0 Å². The van der Waals surface area contributed by atoms with E-state index >= 15 is 0 Å². The van der Waals surface area contributed by atoms with Crippen LogP contribution in [0.2, 0.25) is 0 Å². The number of nitrogens with one attached hydrogen (secondary N) is 1. The number of non-ortho nitro benzene ring substituents is 1. The van der Waals surface area contributed by atoms with E-state index in [1.807, 2.05) is 6.07 Å². The molecule has 2 N–H and O–H groups in total. The zero-order valence-electron chi connectivity index (χ0n) is 18.4. The standard InChI is InChI=1S/C23H18N4O8S/c28-18(10-13-4-2-1-3-5-13)24-19-21(29)25-20(23(30)31)15(12-36-22(19)25)7-6-14-8-9-16(26(32)33)11-17(14)27(34)35/h1-9,11,19,22H,10,12H2,(H,24,28)(H,30,31)/b7-6+/t19?,22-/m1/s1. The summed E-state index contributed by atoms with van der Waals surface area (Å²) in [5, 5.41) is 34.1. The number of carbonyl (C=O) groups is 3. The molecule has 1 fully saturated rings. The monoisotopic (exact) mass is 510 g/mol. The number of thioether (sulfide) groups is 1. The lowest BCUT2D eigenvalue weighted by atomic mass is 10.0. The molecule has 0 aliphatic carbocycles. The number of carboxylic acid groups (broad SMARTS) is 1. The quantitative estimate of drug-likeness (QED) is 0.307. The van der Waals surface area contributed by atoms with Crippen LogP contribution in [0.15, 0.2) is 65.9 Å². The lowest BCUT2D eigenvalue weighted by molar-refractivity contribution is -0.394. The van der Waals surface area contributed by atoms with Gasteiger partial charge in [-0.25, -0.2) is 4.79 Å². The van der Waals surface area contributed by atoms with Crippen LogP contribution in [-0.4, -0.2) is 54.8 Å². The number of nitrogens with zero attached hydrogens (tertiary/aromatic N) is 3. The van der Waals surface area contributed by atoms with Crippen molar-refractivity contribution >= 4 is 47.0 Å². The molecule has 2 atom stereocenters. The van der Waals surface area contributed by atoms with Gasteiger partial charge in [-0.3, -0.25) is 34.7 Å². The van der Waals surface area contributed by atoms with Crippen LogP contribution in [0, 0.1) is 20.2 Å². The van der Waals surface area contributed by atoms with Crippen molar-refractivity contribution in [3.8, 4) is 0 Å². The Morgan fingerprint density at radius 2 is 1.83 bits per heavy atom. The molecule has 2 aliphatic heterocycles. The maximum absolute atomic E-state index is 12.8. The minimum Gasteiger partial charge on any atom is -0.477 e. The van der Waals surface area contributed by atoms with E-state index in [0.29, 0.717) is 0 Å². The number of nitro groups is 2. The highest BCUT2D eigenvalue weighted by molar-refractivity contribution is 8.00. The van der Waals surface area contributed by atoms with Crippen LogP contribution in [0.5, 0.6) is 0 Å². The van der Waals surface area contributed by atoms with E-state index < -0.39 is 44.5 Å². The van der Waals surface area contributed by atoms with Crippen LogP contribution in [0.1, 0.15) is 11.1 Å². The van der Waals surface area contributed by atoms with Crippen LogP contribution < -0.4 is 5.32 Å². The fourth-order valence-electron chi connectivity index (χ4n) is 3.91. The predicted octanol–water partition coefficient (Wildman–Crippen LogP) is 2.50. The van der Waals surface area contributed by atoms with E-state index in [0.717, 1.165) is 22.6 Å². The summed E-state index contributed by atoms with van der Waals surface area (Å²) >= 11 is 1.25. The van der Waals surface area contributed by atoms with Gasteiger partial charge in [0.25, 0.3) is 17.3 Å². The lowest BCUT2D eigenvalue weighted by Crippen LogP contribution is -2.70. The average molecular weight is 510 g/mol. The van der Waals surface area contributed by atoms with Gasteiger partial charge in [0.2, 0.25) is 5.91 Å². The maximum atomic E-state index is 12.8. The molecule has 0 saturated carbocycles. The van der Waals surface area contributed by atoms with Crippen LogP contribution in [0.3, 0.4) is 0 Å². The Labute approximate surface area is 207 Å². The van der Waals surface area contributed by atoms with E-state index in [1.165, 1.54) is 30.0 Å². The summed E-state index contributed by atoms with van der Waals surface area (Å²) in [6.07, 6.45) is 2.70. The van der Waals surface area contributed by atoms with E-state index in [2.05, 4.69) is 5.32 Å². The van der Waals surface area contributed by atoms with Crippen LogP contribution >= 0.6 is 11.8 Å². The third-order valence-corrected chi connectivity index (χ3v) is 6.91. The molecule has 2 heterocycles. The molecular formula is C23H18N4O8S. The van der Waals surface area contributed by atoms with Crippen molar-refractivity contribution < 1.29 is 29.3 Å². The van der Waals surface area contributed by atoms with Crippen molar-refractivity contribution in [1.82, 2.24) is 10.2 Å². The van der Waals surface area contributed by atoms with E-state index in [1.54, 1.807) is 24.3 Å². The van der Waals surface area contributed by atoms with E-state index in [4.69, 9.17) is 0 Å². The van der Waals surface area contributed by atoms with Gasteiger partial charge in [0.15, 0.2) is 0 Å². The van der Waals surface area contributed by atoms with Crippen molar-refractivity contribution in [3.05, 3.63) is 97.2 Å². The summed E-state index contributed by atoms with van der Waals surface area (Å²) in [5.74, 6) is -2.13. The van der Waals surface area contributed by atoms with Crippen molar-refractivity contribution in [2.24, 2.45) is 0 Å². The predicted molar refractivity (Wildman–Crippen MR) is 129 cm³/mol. The first-order chi connectivity index (χ1) is 17.2. The largest absolute Gasteiger partial charge is 0.477 e. The molecular weight excluding hydrogens is 492 g/mol. The molecule has 0 bridgehead atoms. The lowest BCUT2D eigenvalue weighted by Gasteiger charge is -2.49. The van der Waals surface area contributed by atoms with Gasteiger partial charge in [-0.05, 0) is 23.3 Å². The number of allylic oxidation sites excluding steroid dienone is 1. The molecule has 2 aromatic rings. The zero-order valence-corrected chi connectivity index (χ0v) is 19.2. The summed E-state index contributed by atoms with van der Waals surface area (Å²) in [6, 6.07) is 11.2. The van der Waals surface area contributed by atoms with Gasteiger partial charge in [0.05, 0.1) is 27.9 Å². The minimum atomic E-state index is -1.36. The summed E-state index contributed by atoms with van der Waals surface area (Å²) in [5.41, 5.74) is -0.200. The Morgan fingerprint density at radius 3 is 2.47 bits per heavy atom. The Bertz CT molecular complexity index is 1340. The first kappa shape index (κ1) is 24.6. The van der Waals surface area contributed by atoms with Crippen LogP contribution in [0.4, 0.5) is 11.4 Å².